The van der Waals surface area contributed by atoms with Crippen LogP contribution in [0.2, 0.25) is 0 Å². The molecule has 1 aliphatic rings. The zero-order valence-electron chi connectivity index (χ0n) is 20.9. The number of aromatic amines is 1. The lowest BCUT2D eigenvalue weighted by Crippen LogP contribution is -2.49. The number of piperazine rings is 1. The number of nitrogens with one attached hydrogen (secondary N) is 2. The monoisotopic (exact) mass is 490 g/mol. The Hall–Kier alpha value is -3.99. The van der Waals surface area contributed by atoms with Gasteiger partial charge in [-0.1, -0.05) is 0 Å². The van der Waals surface area contributed by atoms with Crippen molar-refractivity contribution >= 4 is 28.9 Å². The van der Waals surface area contributed by atoms with E-state index in [-0.39, 0.29) is 6.09 Å². The highest BCUT2D eigenvalue weighted by atomic mass is 16.6. The molecule has 4 heterocycles. The molecule has 0 radical (unpaired) electrons. The number of aryl methyl sites for hydroxylation is 1. The Morgan fingerprint density at radius 1 is 1.14 bits per heavy atom. The molecule has 1 saturated heterocycles. The van der Waals surface area contributed by atoms with Crippen LogP contribution in [0.25, 0.3) is 22.5 Å². The van der Waals surface area contributed by atoms with Gasteiger partial charge in [0, 0.05) is 51.4 Å². The van der Waals surface area contributed by atoms with Crippen LogP contribution in [0.3, 0.4) is 0 Å². The fourth-order valence-electron chi connectivity index (χ4n) is 4.05. The summed E-state index contributed by atoms with van der Waals surface area (Å²) in [6, 6.07) is 9.76. The molecule has 5 rings (SSSR count). The van der Waals surface area contributed by atoms with E-state index in [0.717, 1.165) is 41.8 Å². The number of aromatic nitrogens is 5. The van der Waals surface area contributed by atoms with E-state index < -0.39 is 5.60 Å². The average molecular weight is 491 g/mol. The van der Waals surface area contributed by atoms with Crippen LogP contribution in [0.4, 0.5) is 16.6 Å². The second-order valence-electron chi connectivity index (χ2n) is 9.86. The number of H-pyrrole nitrogens is 1. The third-order valence-electron chi connectivity index (χ3n) is 5.76. The van der Waals surface area contributed by atoms with Gasteiger partial charge in [0.15, 0.2) is 0 Å². The molecule has 1 aromatic carbocycles. The normalized spacial score (nSPS) is 14.8. The summed E-state index contributed by atoms with van der Waals surface area (Å²) in [5, 5.41) is 11.2. The van der Waals surface area contributed by atoms with Crippen molar-refractivity contribution in [2.45, 2.75) is 39.8 Å². The van der Waals surface area contributed by atoms with E-state index in [1.165, 1.54) is 0 Å². The van der Waals surface area contributed by atoms with Gasteiger partial charge in [0.2, 0.25) is 17.7 Å². The van der Waals surface area contributed by atoms with Crippen LogP contribution < -0.4 is 5.32 Å². The number of anilines is 2. The predicted molar refractivity (Wildman–Crippen MR) is 135 cm³/mol. The molecule has 188 valence electrons. The highest BCUT2D eigenvalue weighted by molar-refractivity contribution is 5.82. The molecule has 11 heteroatoms. The van der Waals surface area contributed by atoms with Gasteiger partial charge in [0.25, 0.3) is 0 Å². The molecule has 0 aliphatic carbocycles. The smallest absolute Gasteiger partial charge is 0.410 e. The minimum atomic E-state index is -0.482. The minimum Gasteiger partial charge on any atom is -0.444 e. The zero-order chi connectivity index (χ0) is 25.3. The molecule has 2 N–H and O–H groups in total. The third-order valence-corrected chi connectivity index (χ3v) is 5.76. The Kier molecular flexibility index (Phi) is 6.31. The number of carbonyl (C=O) groups is 1. The number of rotatable bonds is 5. The van der Waals surface area contributed by atoms with Gasteiger partial charge >= 0.3 is 6.09 Å². The number of benzene rings is 1. The molecule has 1 amide bonds. The molecule has 1 aliphatic heterocycles. The highest BCUT2D eigenvalue weighted by Crippen LogP contribution is 2.24. The number of hydrogen-bond acceptors (Lipinski definition) is 9. The first-order valence-corrected chi connectivity index (χ1v) is 11.9. The van der Waals surface area contributed by atoms with Crippen molar-refractivity contribution in [2.75, 3.05) is 31.5 Å². The van der Waals surface area contributed by atoms with Crippen molar-refractivity contribution in [3.05, 3.63) is 48.0 Å². The minimum absolute atomic E-state index is 0.247. The fraction of sp³-hybridized carbons (Fsp3) is 0.400. The summed E-state index contributed by atoms with van der Waals surface area (Å²) in [6.45, 7) is 11.1. The van der Waals surface area contributed by atoms with Gasteiger partial charge in [0.05, 0.1) is 11.0 Å². The van der Waals surface area contributed by atoms with Gasteiger partial charge in [0.1, 0.15) is 11.4 Å². The van der Waals surface area contributed by atoms with Gasteiger partial charge < -0.3 is 24.4 Å². The first-order chi connectivity index (χ1) is 17.2. The maximum Gasteiger partial charge on any atom is 0.410 e. The Bertz CT molecular complexity index is 1370. The SMILES string of the molecule is Cc1nnc(-c2ccc3nc(Nc4cc(CN5CCN(C(=O)OC(C)(C)C)CC5)ccn4)[nH]c3c2)o1. The number of amides is 1. The molecule has 4 aromatic rings. The summed E-state index contributed by atoms with van der Waals surface area (Å²) < 4.78 is 11.0. The van der Waals surface area contributed by atoms with Crippen molar-refractivity contribution in [1.82, 2.24) is 34.9 Å². The van der Waals surface area contributed by atoms with Crippen LogP contribution in [-0.4, -0.2) is 72.8 Å². The largest absolute Gasteiger partial charge is 0.444 e. The molecule has 11 nitrogen and oxygen atoms in total. The molecule has 36 heavy (non-hydrogen) atoms. The Balaban J connectivity index is 1.20. The first-order valence-electron chi connectivity index (χ1n) is 11.9. The van der Waals surface area contributed by atoms with Crippen LogP contribution in [0, 0.1) is 6.92 Å². The molecule has 1 fully saturated rings. The fourth-order valence-corrected chi connectivity index (χ4v) is 4.05. The molecule has 0 atom stereocenters. The number of nitrogens with zero attached hydrogens (tertiary/aromatic N) is 6. The van der Waals surface area contributed by atoms with Crippen molar-refractivity contribution < 1.29 is 13.9 Å². The van der Waals surface area contributed by atoms with Crippen LogP contribution in [-0.2, 0) is 11.3 Å². The average Bonchev–Trinajstić information content (AvgIpc) is 3.43. The highest BCUT2D eigenvalue weighted by Gasteiger charge is 2.25. The Labute approximate surface area is 208 Å². The lowest BCUT2D eigenvalue weighted by Gasteiger charge is -2.35. The standard InChI is InChI=1S/C25H30N8O3/c1-16-30-31-22(35-16)18-5-6-19-20(14-18)28-23(27-19)29-21-13-17(7-8-26-21)15-32-9-11-33(12-10-32)24(34)36-25(2,3)4/h5-8,13-14H,9-12,15H2,1-4H3,(H2,26,27,28,29). The Morgan fingerprint density at radius 3 is 2.67 bits per heavy atom. The van der Waals surface area contributed by atoms with Gasteiger partial charge in [-0.2, -0.15) is 0 Å². The molecule has 0 spiro atoms. The van der Waals surface area contributed by atoms with E-state index in [0.29, 0.717) is 36.6 Å². The van der Waals surface area contributed by atoms with E-state index in [2.05, 4.69) is 35.4 Å². The van der Waals surface area contributed by atoms with Gasteiger partial charge in [-0.3, -0.25) is 4.90 Å². The lowest BCUT2D eigenvalue weighted by molar-refractivity contribution is 0.0139. The maximum absolute atomic E-state index is 12.3. The van der Waals surface area contributed by atoms with Crippen LogP contribution >= 0.6 is 0 Å². The molecular formula is C25H30N8O3. The van der Waals surface area contributed by atoms with Gasteiger partial charge in [-0.15, -0.1) is 10.2 Å². The van der Waals surface area contributed by atoms with Gasteiger partial charge in [-0.25, -0.2) is 14.8 Å². The zero-order valence-corrected chi connectivity index (χ0v) is 20.9. The molecular weight excluding hydrogens is 460 g/mol. The Morgan fingerprint density at radius 2 is 1.94 bits per heavy atom. The lowest BCUT2D eigenvalue weighted by atomic mass is 10.2. The summed E-state index contributed by atoms with van der Waals surface area (Å²) in [7, 11) is 0. The number of pyridine rings is 1. The second-order valence-corrected chi connectivity index (χ2v) is 9.86. The van der Waals surface area contributed by atoms with Crippen LogP contribution in [0.1, 0.15) is 32.2 Å². The molecule has 0 bridgehead atoms. The summed E-state index contributed by atoms with van der Waals surface area (Å²) >= 11 is 0. The topological polar surface area (TPSA) is 125 Å². The van der Waals surface area contributed by atoms with E-state index >= 15 is 0 Å². The van der Waals surface area contributed by atoms with Crippen LogP contribution in [0.15, 0.2) is 40.9 Å². The second kappa shape index (κ2) is 9.57. The number of ether oxygens (including phenoxy) is 1. The van der Waals surface area contributed by atoms with E-state index in [1.54, 1.807) is 18.0 Å². The molecule has 0 unspecified atom stereocenters. The number of fused-ring (bicyclic) bond motifs is 1. The molecule has 0 saturated carbocycles. The summed E-state index contributed by atoms with van der Waals surface area (Å²) in [5.41, 5.74) is 3.14. The van der Waals surface area contributed by atoms with E-state index in [4.69, 9.17) is 9.15 Å². The van der Waals surface area contributed by atoms with E-state index in [9.17, 15) is 4.79 Å². The summed E-state index contributed by atoms with van der Waals surface area (Å²) in [6.07, 6.45) is 1.54. The van der Waals surface area contributed by atoms with Crippen molar-refractivity contribution in [3.8, 4) is 11.5 Å². The van der Waals surface area contributed by atoms with Crippen LogP contribution in [0.5, 0.6) is 0 Å². The van der Waals surface area contributed by atoms with E-state index in [1.807, 2.05) is 51.1 Å². The van der Waals surface area contributed by atoms with Crippen molar-refractivity contribution in [2.24, 2.45) is 0 Å². The summed E-state index contributed by atoms with van der Waals surface area (Å²) in [4.78, 5) is 28.7. The molecule has 3 aromatic heterocycles. The maximum atomic E-state index is 12.3. The van der Waals surface area contributed by atoms with Crippen molar-refractivity contribution in [1.29, 1.82) is 0 Å². The quantitative estimate of drug-likeness (QED) is 0.425. The number of hydrogen-bond donors (Lipinski definition) is 2. The van der Waals surface area contributed by atoms with Crippen molar-refractivity contribution in [3.63, 3.8) is 0 Å². The predicted octanol–water partition coefficient (Wildman–Crippen LogP) is 4.11. The third kappa shape index (κ3) is 5.62. The number of imidazole rings is 1. The number of carbonyl (C=O) groups excluding carboxylic acids is 1. The first kappa shape index (κ1) is 23.7. The van der Waals surface area contributed by atoms with Gasteiger partial charge in [-0.05, 0) is 56.7 Å². The summed E-state index contributed by atoms with van der Waals surface area (Å²) in [5.74, 6) is 2.29.